The highest BCUT2D eigenvalue weighted by Gasteiger charge is 2.35. The Hall–Kier alpha value is -2.44. The van der Waals surface area contributed by atoms with Crippen molar-refractivity contribution < 1.29 is 28.9 Å². The number of aliphatic hydroxyl groups excluding tert-OH is 1. The molecule has 6 nitrogen and oxygen atoms in total. The summed E-state index contributed by atoms with van der Waals surface area (Å²) < 4.78 is 16.2. The summed E-state index contributed by atoms with van der Waals surface area (Å²) in [5, 5.41) is 9.53. The van der Waals surface area contributed by atoms with Gasteiger partial charge in [-0.25, -0.2) is 0 Å². The molecule has 47 heavy (non-hydrogen) atoms. The van der Waals surface area contributed by atoms with Crippen LogP contribution in [-0.4, -0.2) is 48.6 Å². The van der Waals surface area contributed by atoms with E-state index in [1.54, 1.807) is 0 Å². The molecule has 268 valence electrons. The fraction of sp³-hybridized carbons (Fsp3) is 0.707. The number of ether oxygens (including phenoxy) is 3. The Labute approximate surface area is 287 Å². The quantitative estimate of drug-likeness (QED) is 0.0336. The van der Waals surface area contributed by atoms with Crippen LogP contribution in [-0.2, 0) is 23.8 Å². The Morgan fingerprint density at radius 1 is 0.617 bits per heavy atom. The molecule has 6 heteroatoms. The Morgan fingerprint density at radius 2 is 1.11 bits per heavy atom. The molecule has 1 saturated heterocycles. The van der Waals surface area contributed by atoms with Gasteiger partial charge in [-0.15, -0.1) is 0 Å². The lowest BCUT2D eigenvalue weighted by molar-refractivity contribution is -0.161. The zero-order valence-corrected chi connectivity index (χ0v) is 30.0. The topological polar surface area (TPSA) is 85.4 Å². The second kappa shape index (κ2) is 32.1. The van der Waals surface area contributed by atoms with Crippen molar-refractivity contribution in [3.8, 4) is 0 Å². The lowest BCUT2D eigenvalue weighted by Gasteiger charge is -2.15. The van der Waals surface area contributed by atoms with E-state index in [0.717, 1.165) is 57.8 Å². The molecule has 0 spiro atoms. The zero-order valence-electron chi connectivity index (χ0n) is 30.0. The summed E-state index contributed by atoms with van der Waals surface area (Å²) >= 11 is 0. The van der Waals surface area contributed by atoms with Gasteiger partial charge >= 0.3 is 11.9 Å². The van der Waals surface area contributed by atoms with Gasteiger partial charge in [0.2, 0.25) is 0 Å². The summed E-state index contributed by atoms with van der Waals surface area (Å²) in [7, 11) is 0. The number of carbonyl (C=O) groups excluding carboxylic acids is 2. The van der Waals surface area contributed by atoms with Crippen LogP contribution in [0.5, 0.6) is 0 Å². The van der Waals surface area contributed by atoms with E-state index in [4.69, 9.17) is 14.2 Å². The number of hydrogen-bond donors (Lipinski definition) is 1. The molecule has 1 aliphatic heterocycles. The Balaban J connectivity index is 1.95. The van der Waals surface area contributed by atoms with Crippen LogP contribution in [0, 0.1) is 0 Å². The molecule has 1 aliphatic rings. The highest BCUT2D eigenvalue weighted by Crippen LogP contribution is 2.29. The van der Waals surface area contributed by atoms with E-state index in [0.29, 0.717) is 25.0 Å². The number of hydrogen-bond acceptors (Lipinski definition) is 6. The van der Waals surface area contributed by atoms with Crippen LogP contribution in [0.4, 0.5) is 0 Å². The summed E-state index contributed by atoms with van der Waals surface area (Å²) in [4.78, 5) is 24.2. The number of esters is 2. The van der Waals surface area contributed by atoms with Crippen LogP contribution in [0.25, 0.3) is 0 Å². The van der Waals surface area contributed by atoms with Crippen LogP contribution in [0.1, 0.15) is 155 Å². The average molecular weight is 657 g/mol. The van der Waals surface area contributed by atoms with Gasteiger partial charge in [0, 0.05) is 12.8 Å². The van der Waals surface area contributed by atoms with Gasteiger partial charge in [0.15, 0.2) is 6.10 Å². The molecule has 0 aromatic heterocycles. The van der Waals surface area contributed by atoms with Gasteiger partial charge in [-0.2, -0.15) is 0 Å². The first-order chi connectivity index (χ1) is 23.1. The highest BCUT2D eigenvalue weighted by molar-refractivity contribution is 5.70. The fourth-order valence-electron chi connectivity index (χ4n) is 5.27. The molecule has 1 rings (SSSR count). The van der Waals surface area contributed by atoms with E-state index in [1.165, 1.54) is 64.2 Å². The van der Waals surface area contributed by atoms with Gasteiger partial charge in [0.05, 0.1) is 18.8 Å². The van der Waals surface area contributed by atoms with Crippen molar-refractivity contribution in [2.45, 2.75) is 173 Å². The first-order valence-electron chi connectivity index (χ1n) is 19.0. The van der Waals surface area contributed by atoms with Crippen LogP contribution < -0.4 is 0 Å². The molecule has 1 heterocycles. The molecular formula is C41H68O6. The third-order valence-corrected chi connectivity index (χ3v) is 8.24. The minimum Gasteiger partial charge on any atom is -0.462 e. The molecule has 0 bridgehead atoms. The van der Waals surface area contributed by atoms with Gasteiger partial charge in [-0.3, -0.25) is 9.59 Å². The largest absolute Gasteiger partial charge is 0.462 e. The minimum absolute atomic E-state index is 0.0993. The van der Waals surface area contributed by atoms with E-state index in [1.807, 2.05) is 12.2 Å². The Kier molecular flexibility index (Phi) is 29.1. The van der Waals surface area contributed by atoms with Crippen molar-refractivity contribution >= 4 is 11.9 Å². The molecule has 0 aliphatic carbocycles. The summed E-state index contributed by atoms with van der Waals surface area (Å²) in [6, 6.07) is 0. The van der Waals surface area contributed by atoms with Crippen LogP contribution in [0.2, 0.25) is 0 Å². The number of epoxide rings is 1. The monoisotopic (exact) mass is 657 g/mol. The third kappa shape index (κ3) is 28.3. The zero-order chi connectivity index (χ0) is 34.0. The standard InChI is InChI=1S/C41H68O6/c1-3-5-7-8-9-10-11-12-16-19-22-25-29-33-40(43)45-36-37(35-42)46-41(44)34-30-26-23-20-17-14-13-15-18-21-24-28-32-39-38(47-39)31-27-6-4-2/h6,14-15,17-18,23-24,26-28,37-39,42H,3-5,7-13,16,19-22,25,29-36H2,1-2H3/b17-14-,18-15-,26-23-,27-6-,28-24-/t37-,38?,39?/m0/s1. The maximum absolute atomic E-state index is 12.1. The highest BCUT2D eigenvalue weighted by atomic mass is 16.6. The van der Waals surface area contributed by atoms with Gasteiger partial charge in [0.1, 0.15) is 6.61 Å². The number of aliphatic hydroxyl groups is 1. The first kappa shape index (κ1) is 42.6. The van der Waals surface area contributed by atoms with Crippen LogP contribution >= 0.6 is 0 Å². The van der Waals surface area contributed by atoms with Crippen molar-refractivity contribution in [3.63, 3.8) is 0 Å². The van der Waals surface area contributed by atoms with Crippen LogP contribution in [0.3, 0.4) is 0 Å². The lowest BCUT2D eigenvalue weighted by Crippen LogP contribution is -2.28. The fourth-order valence-corrected chi connectivity index (χ4v) is 5.27. The molecule has 0 aromatic rings. The van der Waals surface area contributed by atoms with Crippen molar-refractivity contribution in [2.24, 2.45) is 0 Å². The number of rotatable bonds is 32. The second-order valence-electron chi connectivity index (χ2n) is 12.7. The maximum atomic E-state index is 12.1. The molecule has 1 fully saturated rings. The SMILES string of the molecule is CC/C=C\CC1OC1C/C=C\C/C=C\C/C=C\C/C=C\CCC(=O)O[C@@H](CO)COC(=O)CCCCCCCCCCCCCCC. The summed E-state index contributed by atoms with van der Waals surface area (Å²) in [5.74, 6) is -0.695. The summed E-state index contributed by atoms with van der Waals surface area (Å²) in [6.07, 6.45) is 44.7. The van der Waals surface area contributed by atoms with Crippen molar-refractivity contribution in [1.29, 1.82) is 0 Å². The van der Waals surface area contributed by atoms with Gasteiger partial charge in [-0.1, -0.05) is 152 Å². The third-order valence-electron chi connectivity index (χ3n) is 8.24. The molecule has 0 radical (unpaired) electrons. The smallest absolute Gasteiger partial charge is 0.306 e. The van der Waals surface area contributed by atoms with E-state index < -0.39 is 12.1 Å². The lowest BCUT2D eigenvalue weighted by atomic mass is 10.0. The number of unbranched alkanes of at least 4 members (excludes halogenated alkanes) is 12. The van der Waals surface area contributed by atoms with Crippen molar-refractivity contribution in [1.82, 2.24) is 0 Å². The summed E-state index contributed by atoms with van der Waals surface area (Å²) in [5.41, 5.74) is 0. The van der Waals surface area contributed by atoms with Gasteiger partial charge < -0.3 is 19.3 Å². The second-order valence-corrected chi connectivity index (χ2v) is 12.7. The molecule has 1 N–H and O–H groups in total. The van der Waals surface area contributed by atoms with E-state index in [-0.39, 0.29) is 25.6 Å². The van der Waals surface area contributed by atoms with E-state index in [9.17, 15) is 14.7 Å². The van der Waals surface area contributed by atoms with Crippen molar-refractivity contribution in [3.05, 3.63) is 60.8 Å². The van der Waals surface area contributed by atoms with E-state index >= 15 is 0 Å². The first-order valence-corrected chi connectivity index (χ1v) is 19.0. The molecule has 0 aromatic carbocycles. The molecule has 3 atom stereocenters. The minimum atomic E-state index is -0.814. The van der Waals surface area contributed by atoms with Crippen LogP contribution in [0.15, 0.2) is 60.8 Å². The maximum Gasteiger partial charge on any atom is 0.306 e. The predicted molar refractivity (Wildman–Crippen MR) is 195 cm³/mol. The Bertz CT molecular complexity index is 902. The Morgan fingerprint density at radius 3 is 1.64 bits per heavy atom. The molecular weight excluding hydrogens is 588 g/mol. The predicted octanol–water partition coefficient (Wildman–Crippen LogP) is 10.6. The van der Waals surface area contributed by atoms with Crippen molar-refractivity contribution in [2.75, 3.05) is 13.2 Å². The van der Waals surface area contributed by atoms with Gasteiger partial charge in [-0.05, 0) is 51.4 Å². The number of allylic oxidation sites excluding steroid dienone is 8. The van der Waals surface area contributed by atoms with E-state index in [2.05, 4.69) is 62.5 Å². The number of carbonyl (C=O) groups is 2. The van der Waals surface area contributed by atoms with Gasteiger partial charge in [0.25, 0.3) is 0 Å². The molecule has 0 saturated carbocycles. The molecule has 2 unspecified atom stereocenters. The summed E-state index contributed by atoms with van der Waals surface area (Å²) in [6.45, 7) is 3.94. The molecule has 0 amide bonds. The average Bonchev–Trinajstić information content (AvgIpc) is 3.83. The normalized spacial score (nSPS) is 17.2.